The summed E-state index contributed by atoms with van der Waals surface area (Å²) in [6, 6.07) is 18.9. The molecule has 0 saturated carbocycles. The smallest absolute Gasteiger partial charge is 0.267 e. The van der Waals surface area contributed by atoms with Crippen LogP contribution < -0.4 is 14.4 Å². The quantitative estimate of drug-likeness (QED) is 0.292. The average molecular weight is 492 g/mol. The predicted molar refractivity (Wildman–Crippen MR) is 135 cm³/mol. The van der Waals surface area contributed by atoms with Crippen molar-refractivity contribution in [3.05, 3.63) is 77.3 Å². The molecule has 3 heterocycles. The number of anilines is 1. The van der Waals surface area contributed by atoms with Crippen molar-refractivity contribution in [2.75, 3.05) is 18.1 Å². The fraction of sp³-hybridized carbons (Fsp3) is 0.192. The summed E-state index contributed by atoms with van der Waals surface area (Å²) in [6.07, 6.45) is 1.89. The third-order valence-corrected chi connectivity index (χ3v) is 6.58. The van der Waals surface area contributed by atoms with Crippen LogP contribution in [-0.2, 0) is 4.79 Å². The number of benzene rings is 2. The van der Waals surface area contributed by atoms with Crippen LogP contribution in [0.15, 0.2) is 72.2 Å². The van der Waals surface area contributed by atoms with Crippen LogP contribution in [0.25, 0.3) is 22.0 Å². The monoisotopic (exact) mass is 491 g/mol. The number of fused-ring (bicyclic) bond motifs is 1. The molecule has 1 aliphatic heterocycles. The van der Waals surface area contributed by atoms with Gasteiger partial charge in [-0.2, -0.15) is 0 Å². The molecule has 8 heteroatoms. The second-order valence-corrected chi connectivity index (χ2v) is 9.14. The molecular weight excluding hydrogens is 470 g/mol. The molecule has 1 unspecified atom stereocenters. The number of pyridine rings is 1. The molecule has 0 radical (unpaired) electrons. The van der Waals surface area contributed by atoms with Crippen LogP contribution in [-0.4, -0.2) is 35.1 Å². The van der Waals surface area contributed by atoms with Crippen molar-refractivity contribution in [1.29, 1.82) is 0 Å². The highest BCUT2D eigenvalue weighted by Gasteiger charge is 2.31. The Morgan fingerprint density at radius 2 is 1.97 bits per heavy atom. The number of hydrogen-bond donors (Lipinski definition) is 0. The third kappa shape index (κ3) is 4.76. The molecular formula is C26H22ClN3O3S. The van der Waals surface area contributed by atoms with Crippen molar-refractivity contribution in [2.45, 2.75) is 19.4 Å². The van der Waals surface area contributed by atoms with E-state index in [1.165, 1.54) is 0 Å². The first-order chi connectivity index (χ1) is 16.6. The van der Waals surface area contributed by atoms with E-state index in [1.807, 2.05) is 53.9 Å². The minimum absolute atomic E-state index is 0.0661. The van der Waals surface area contributed by atoms with E-state index in [0.29, 0.717) is 30.3 Å². The molecule has 1 aliphatic rings. The van der Waals surface area contributed by atoms with Gasteiger partial charge in [0.1, 0.15) is 16.5 Å². The van der Waals surface area contributed by atoms with E-state index in [1.54, 1.807) is 41.5 Å². The predicted octanol–water partition coefficient (Wildman–Crippen LogP) is 6.11. The van der Waals surface area contributed by atoms with Gasteiger partial charge in [-0.05, 0) is 67.9 Å². The van der Waals surface area contributed by atoms with Crippen molar-refractivity contribution < 1.29 is 14.3 Å². The summed E-state index contributed by atoms with van der Waals surface area (Å²) >= 11 is 7.47. The molecule has 0 aliphatic carbocycles. The maximum atomic E-state index is 13.0. The molecule has 1 amide bonds. The fourth-order valence-electron chi connectivity index (χ4n) is 3.75. The van der Waals surface area contributed by atoms with E-state index in [4.69, 9.17) is 26.1 Å². The van der Waals surface area contributed by atoms with Gasteiger partial charge in [0.05, 0.1) is 23.7 Å². The highest BCUT2D eigenvalue weighted by molar-refractivity contribution is 7.13. The van der Waals surface area contributed by atoms with E-state index in [2.05, 4.69) is 4.98 Å². The molecule has 1 atom stereocenters. The van der Waals surface area contributed by atoms with E-state index in [-0.39, 0.29) is 5.91 Å². The van der Waals surface area contributed by atoms with Gasteiger partial charge in [0.15, 0.2) is 6.10 Å². The molecule has 5 rings (SSSR count). The molecule has 2 aromatic heterocycles. The van der Waals surface area contributed by atoms with Gasteiger partial charge in [0, 0.05) is 28.7 Å². The zero-order valence-corrected chi connectivity index (χ0v) is 20.1. The third-order valence-electron chi connectivity index (χ3n) is 5.46. The fourth-order valence-corrected chi connectivity index (χ4v) is 4.68. The van der Waals surface area contributed by atoms with Gasteiger partial charge in [-0.25, -0.2) is 4.98 Å². The van der Waals surface area contributed by atoms with E-state index in [0.717, 1.165) is 33.4 Å². The first kappa shape index (κ1) is 22.4. The van der Waals surface area contributed by atoms with Crippen molar-refractivity contribution in [1.82, 2.24) is 9.97 Å². The second kappa shape index (κ2) is 9.83. The van der Waals surface area contributed by atoms with Crippen LogP contribution in [0.4, 0.5) is 5.69 Å². The molecule has 172 valence electrons. The molecule has 2 aromatic carbocycles. The van der Waals surface area contributed by atoms with Gasteiger partial charge in [-0.15, -0.1) is 11.3 Å². The molecule has 4 aromatic rings. The standard InChI is InChI=1S/C26H22ClN3O3S/c1-17-26(31)30(13-4-14-32-20-9-7-19(27)8-10-20)23-15-18(6-11-24(23)33-17)22-16-34-25(29-22)21-5-2-3-12-28-21/h2-3,5-12,15-17H,4,13-14H2,1H3. The van der Waals surface area contributed by atoms with E-state index < -0.39 is 6.10 Å². The Morgan fingerprint density at radius 3 is 2.76 bits per heavy atom. The highest BCUT2D eigenvalue weighted by atomic mass is 35.5. The molecule has 0 bridgehead atoms. The zero-order valence-electron chi connectivity index (χ0n) is 18.5. The molecule has 0 N–H and O–H groups in total. The first-order valence-electron chi connectivity index (χ1n) is 11.0. The van der Waals surface area contributed by atoms with E-state index >= 15 is 0 Å². The van der Waals surface area contributed by atoms with Crippen LogP contribution in [0.5, 0.6) is 11.5 Å². The summed E-state index contributed by atoms with van der Waals surface area (Å²) in [4.78, 5) is 23.9. The Balaban J connectivity index is 1.33. The zero-order chi connectivity index (χ0) is 23.5. The number of nitrogens with zero attached hydrogens (tertiary/aromatic N) is 3. The Morgan fingerprint density at radius 1 is 1.12 bits per heavy atom. The van der Waals surface area contributed by atoms with Crippen LogP contribution in [0, 0.1) is 0 Å². The normalized spacial score (nSPS) is 15.1. The van der Waals surface area contributed by atoms with Crippen LogP contribution in [0.2, 0.25) is 5.02 Å². The molecule has 6 nitrogen and oxygen atoms in total. The summed E-state index contributed by atoms with van der Waals surface area (Å²) in [5.74, 6) is 1.37. The largest absolute Gasteiger partial charge is 0.494 e. The topological polar surface area (TPSA) is 64.6 Å². The minimum Gasteiger partial charge on any atom is -0.494 e. The van der Waals surface area contributed by atoms with Gasteiger partial charge in [-0.1, -0.05) is 17.7 Å². The number of ether oxygens (including phenoxy) is 2. The molecule has 0 fully saturated rings. The molecule has 0 spiro atoms. The summed E-state index contributed by atoms with van der Waals surface area (Å²) in [5.41, 5.74) is 3.35. The van der Waals surface area contributed by atoms with Crippen LogP contribution >= 0.6 is 22.9 Å². The van der Waals surface area contributed by atoms with Crippen LogP contribution in [0.3, 0.4) is 0 Å². The van der Waals surface area contributed by atoms with Gasteiger partial charge >= 0.3 is 0 Å². The number of carbonyl (C=O) groups excluding carboxylic acids is 1. The number of carbonyl (C=O) groups is 1. The van der Waals surface area contributed by atoms with Crippen molar-refractivity contribution in [3.8, 4) is 33.5 Å². The SMILES string of the molecule is CC1Oc2ccc(-c3csc(-c4ccccn4)n3)cc2N(CCCOc2ccc(Cl)cc2)C1=O. The number of aromatic nitrogens is 2. The number of thiazole rings is 1. The lowest BCUT2D eigenvalue weighted by Crippen LogP contribution is -2.45. The summed E-state index contributed by atoms with van der Waals surface area (Å²) in [6.45, 7) is 2.78. The lowest BCUT2D eigenvalue weighted by molar-refractivity contribution is -0.125. The lowest BCUT2D eigenvalue weighted by Gasteiger charge is -2.33. The first-order valence-corrected chi connectivity index (χ1v) is 12.2. The minimum atomic E-state index is -0.537. The molecule has 0 saturated heterocycles. The van der Waals surface area contributed by atoms with Gasteiger partial charge in [0.25, 0.3) is 5.91 Å². The summed E-state index contributed by atoms with van der Waals surface area (Å²) < 4.78 is 11.7. The number of rotatable bonds is 7. The molecule has 34 heavy (non-hydrogen) atoms. The Kier molecular flexibility index (Phi) is 6.47. The number of amides is 1. The number of hydrogen-bond acceptors (Lipinski definition) is 6. The van der Waals surface area contributed by atoms with Crippen molar-refractivity contribution in [3.63, 3.8) is 0 Å². The van der Waals surface area contributed by atoms with Gasteiger partial charge < -0.3 is 14.4 Å². The summed E-state index contributed by atoms with van der Waals surface area (Å²) in [5, 5.41) is 3.52. The van der Waals surface area contributed by atoms with Crippen molar-refractivity contribution in [2.24, 2.45) is 0 Å². The maximum Gasteiger partial charge on any atom is 0.267 e. The maximum absolute atomic E-state index is 13.0. The van der Waals surface area contributed by atoms with Gasteiger partial charge in [-0.3, -0.25) is 9.78 Å². The Labute approximate surface area is 206 Å². The van der Waals surface area contributed by atoms with Gasteiger partial charge in [0.2, 0.25) is 0 Å². The summed E-state index contributed by atoms with van der Waals surface area (Å²) in [7, 11) is 0. The Bertz CT molecular complexity index is 1290. The lowest BCUT2D eigenvalue weighted by atomic mass is 10.1. The second-order valence-electron chi connectivity index (χ2n) is 7.84. The average Bonchev–Trinajstić information content (AvgIpc) is 3.36. The van der Waals surface area contributed by atoms with Crippen molar-refractivity contribution >= 4 is 34.5 Å². The highest BCUT2D eigenvalue weighted by Crippen LogP contribution is 2.38. The number of halogens is 1. The van der Waals surface area contributed by atoms with E-state index in [9.17, 15) is 4.79 Å². The Hall–Kier alpha value is -3.42. The van der Waals surface area contributed by atoms with Crippen LogP contribution in [0.1, 0.15) is 13.3 Å².